The standard InChI is InChI=1S/C30H42N2O5/c1-23-8-10-26(24(2)19-23)37-22-30(34)12-5-14-31(17-13-30)21-25-9-11-27(35-3)28(20-25)36-18-6-16-32-15-4-7-29(32)33/h8-11,19-20,34H,4-7,12-18,21-22H2,1-3H3/t30-/m1/s1. The molecular formula is C30H42N2O5. The summed E-state index contributed by atoms with van der Waals surface area (Å²) >= 11 is 0. The van der Waals surface area contributed by atoms with Gasteiger partial charge in [0.05, 0.1) is 19.3 Å². The van der Waals surface area contributed by atoms with Gasteiger partial charge >= 0.3 is 0 Å². The number of likely N-dealkylation sites (tertiary alicyclic amines) is 2. The highest BCUT2D eigenvalue weighted by Gasteiger charge is 2.31. The molecule has 2 heterocycles. The molecule has 0 aliphatic carbocycles. The lowest BCUT2D eigenvalue weighted by atomic mass is 9.96. The van der Waals surface area contributed by atoms with Crippen molar-refractivity contribution in [2.45, 2.75) is 64.5 Å². The third-order valence-electron chi connectivity index (χ3n) is 7.47. The molecule has 202 valence electrons. The minimum absolute atomic E-state index is 0.251. The van der Waals surface area contributed by atoms with E-state index in [0.29, 0.717) is 26.1 Å². The van der Waals surface area contributed by atoms with Crippen LogP contribution in [0.3, 0.4) is 0 Å². The smallest absolute Gasteiger partial charge is 0.222 e. The molecule has 2 aliphatic rings. The van der Waals surface area contributed by atoms with Crippen LogP contribution in [-0.4, -0.2) is 72.9 Å². The first-order valence-electron chi connectivity index (χ1n) is 13.6. The number of aliphatic hydroxyl groups is 1. The summed E-state index contributed by atoms with van der Waals surface area (Å²) in [5.41, 5.74) is 2.64. The summed E-state index contributed by atoms with van der Waals surface area (Å²) in [4.78, 5) is 16.1. The Morgan fingerprint density at radius 1 is 0.946 bits per heavy atom. The van der Waals surface area contributed by atoms with Crippen LogP contribution in [0.1, 0.15) is 55.2 Å². The Kier molecular flexibility index (Phi) is 9.33. The van der Waals surface area contributed by atoms with E-state index in [1.54, 1.807) is 7.11 Å². The average Bonchev–Trinajstić information content (AvgIpc) is 3.19. The Morgan fingerprint density at radius 3 is 2.54 bits per heavy atom. The maximum Gasteiger partial charge on any atom is 0.222 e. The van der Waals surface area contributed by atoms with Crippen molar-refractivity contribution in [2.75, 3.05) is 46.5 Å². The number of carbonyl (C=O) groups is 1. The molecule has 4 rings (SSSR count). The van der Waals surface area contributed by atoms with Crippen LogP contribution < -0.4 is 14.2 Å². The van der Waals surface area contributed by atoms with Gasteiger partial charge in [-0.1, -0.05) is 23.8 Å². The van der Waals surface area contributed by atoms with Crippen LogP contribution in [0.5, 0.6) is 17.2 Å². The van der Waals surface area contributed by atoms with E-state index in [9.17, 15) is 9.90 Å². The predicted octanol–water partition coefficient (Wildman–Crippen LogP) is 4.50. The van der Waals surface area contributed by atoms with Crippen LogP contribution in [0.25, 0.3) is 0 Å². The Hall–Kier alpha value is -2.77. The summed E-state index contributed by atoms with van der Waals surface area (Å²) in [6.45, 7) is 9.09. The van der Waals surface area contributed by atoms with E-state index in [-0.39, 0.29) is 5.91 Å². The topological polar surface area (TPSA) is 71.5 Å². The first-order chi connectivity index (χ1) is 17.8. The van der Waals surface area contributed by atoms with Crippen LogP contribution in [-0.2, 0) is 11.3 Å². The fourth-order valence-electron chi connectivity index (χ4n) is 5.28. The van der Waals surface area contributed by atoms with Gasteiger partial charge in [0.2, 0.25) is 5.91 Å². The molecule has 0 unspecified atom stereocenters. The van der Waals surface area contributed by atoms with Gasteiger partial charge in [-0.3, -0.25) is 9.69 Å². The van der Waals surface area contributed by atoms with Crippen LogP contribution in [0, 0.1) is 13.8 Å². The average molecular weight is 511 g/mol. The van der Waals surface area contributed by atoms with Gasteiger partial charge in [0.1, 0.15) is 12.4 Å². The van der Waals surface area contributed by atoms with Gasteiger partial charge < -0.3 is 24.2 Å². The SMILES string of the molecule is COc1ccc(CN2CCC[C@](O)(COc3ccc(C)cc3C)CC2)cc1OCCCN1CCCC1=O. The molecule has 2 aromatic carbocycles. The van der Waals surface area contributed by atoms with Crippen molar-refractivity contribution in [1.29, 1.82) is 0 Å². The van der Waals surface area contributed by atoms with Gasteiger partial charge in [-0.2, -0.15) is 0 Å². The zero-order chi connectivity index (χ0) is 26.3. The normalized spacial score (nSPS) is 20.6. The summed E-state index contributed by atoms with van der Waals surface area (Å²) in [5, 5.41) is 11.3. The van der Waals surface area contributed by atoms with Crippen LogP contribution in [0.2, 0.25) is 0 Å². The quantitative estimate of drug-likeness (QED) is 0.449. The van der Waals surface area contributed by atoms with Crippen molar-refractivity contribution < 1.29 is 24.1 Å². The molecule has 1 atom stereocenters. The molecule has 37 heavy (non-hydrogen) atoms. The van der Waals surface area contributed by atoms with Gasteiger partial charge in [0, 0.05) is 32.6 Å². The van der Waals surface area contributed by atoms with Crippen molar-refractivity contribution in [1.82, 2.24) is 9.80 Å². The molecule has 0 radical (unpaired) electrons. The van der Waals surface area contributed by atoms with E-state index in [1.165, 1.54) is 5.56 Å². The number of nitrogens with zero attached hydrogens (tertiary/aromatic N) is 2. The zero-order valence-corrected chi connectivity index (χ0v) is 22.6. The molecule has 0 saturated carbocycles. The number of aryl methyl sites for hydroxylation is 2. The number of rotatable bonds is 11. The van der Waals surface area contributed by atoms with Crippen LogP contribution >= 0.6 is 0 Å². The molecule has 2 fully saturated rings. The van der Waals surface area contributed by atoms with E-state index in [0.717, 1.165) is 86.8 Å². The zero-order valence-electron chi connectivity index (χ0n) is 22.6. The molecule has 1 amide bonds. The first-order valence-corrected chi connectivity index (χ1v) is 13.6. The van der Waals surface area contributed by atoms with Crippen molar-refractivity contribution in [3.8, 4) is 17.2 Å². The summed E-state index contributed by atoms with van der Waals surface area (Å²) in [7, 11) is 1.65. The fraction of sp³-hybridized carbons (Fsp3) is 0.567. The van der Waals surface area contributed by atoms with Gasteiger partial charge in [0.15, 0.2) is 11.5 Å². The second-order valence-electron chi connectivity index (χ2n) is 10.6. The highest BCUT2D eigenvalue weighted by atomic mass is 16.5. The highest BCUT2D eigenvalue weighted by Crippen LogP contribution is 2.30. The second kappa shape index (κ2) is 12.7. The molecule has 7 heteroatoms. The van der Waals surface area contributed by atoms with Gasteiger partial charge in [-0.15, -0.1) is 0 Å². The van der Waals surface area contributed by atoms with Gasteiger partial charge in [-0.05, 0) is 81.8 Å². The largest absolute Gasteiger partial charge is 0.493 e. The first kappa shape index (κ1) is 27.3. The molecular weight excluding hydrogens is 468 g/mol. The molecule has 2 aromatic rings. The number of carbonyl (C=O) groups excluding carboxylic acids is 1. The predicted molar refractivity (Wildman–Crippen MR) is 144 cm³/mol. The van der Waals surface area contributed by atoms with Crippen molar-refractivity contribution >= 4 is 5.91 Å². The van der Waals surface area contributed by atoms with E-state index >= 15 is 0 Å². The third kappa shape index (κ3) is 7.62. The summed E-state index contributed by atoms with van der Waals surface area (Å²) in [5.74, 6) is 2.55. The van der Waals surface area contributed by atoms with Crippen molar-refractivity contribution in [3.05, 3.63) is 53.1 Å². The lowest BCUT2D eigenvalue weighted by Crippen LogP contribution is -2.37. The van der Waals surface area contributed by atoms with Crippen molar-refractivity contribution in [2.24, 2.45) is 0 Å². The molecule has 0 bridgehead atoms. The lowest BCUT2D eigenvalue weighted by molar-refractivity contribution is -0.127. The third-order valence-corrected chi connectivity index (χ3v) is 7.47. The Labute approximate surface area is 221 Å². The molecule has 2 aliphatic heterocycles. The number of methoxy groups -OCH3 is 1. The molecule has 7 nitrogen and oxygen atoms in total. The highest BCUT2D eigenvalue weighted by molar-refractivity contribution is 5.78. The number of hydrogen-bond acceptors (Lipinski definition) is 6. The lowest BCUT2D eigenvalue weighted by Gasteiger charge is -2.27. The van der Waals surface area contributed by atoms with Gasteiger partial charge in [-0.25, -0.2) is 0 Å². The Morgan fingerprint density at radius 2 is 1.78 bits per heavy atom. The molecule has 2 saturated heterocycles. The minimum Gasteiger partial charge on any atom is -0.493 e. The Bertz CT molecular complexity index is 1060. The summed E-state index contributed by atoms with van der Waals surface area (Å²) in [6.07, 6.45) is 4.75. The maximum atomic E-state index is 11.8. The van der Waals surface area contributed by atoms with E-state index in [1.807, 2.05) is 30.0 Å². The van der Waals surface area contributed by atoms with E-state index in [4.69, 9.17) is 14.2 Å². The molecule has 0 aromatic heterocycles. The van der Waals surface area contributed by atoms with Gasteiger partial charge in [0.25, 0.3) is 0 Å². The fourth-order valence-corrected chi connectivity index (χ4v) is 5.28. The monoisotopic (exact) mass is 510 g/mol. The molecule has 0 spiro atoms. The second-order valence-corrected chi connectivity index (χ2v) is 10.6. The molecule has 1 N–H and O–H groups in total. The number of amides is 1. The maximum absolute atomic E-state index is 11.8. The summed E-state index contributed by atoms with van der Waals surface area (Å²) in [6, 6.07) is 12.2. The Balaban J connectivity index is 1.28. The van der Waals surface area contributed by atoms with E-state index in [2.05, 4.69) is 30.0 Å². The van der Waals surface area contributed by atoms with Crippen LogP contribution in [0.4, 0.5) is 0 Å². The number of ether oxygens (including phenoxy) is 3. The number of hydrogen-bond donors (Lipinski definition) is 1. The van der Waals surface area contributed by atoms with Crippen molar-refractivity contribution in [3.63, 3.8) is 0 Å². The van der Waals surface area contributed by atoms with E-state index < -0.39 is 5.60 Å². The summed E-state index contributed by atoms with van der Waals surface area (Å²) < 4.78 is 17.6. The number of benzene rings is 2. The minimum atomic E-state index is -0.822. The van der Waals surface area contributed by atoms with Crippen LogP contribution in [0.15, 0.2) is 36.4 Å².